The zero-order valence-electron chi connectivity index (χ0n) is 18.1. The predicted octanol–water partition coefficient (Wildman–Crippen LogP) is 0.0168. The second-order valence-electron chi connectivity index (χ2n) is 8.85. The van der Waals surface area contributed by atoms with Crippen molar-refractivity contribution < 1.29 is 24.4 Å². The molecule has 29 heavy (non-hydrogen) atoms. The number of likely N-dealkylation sites (tertiary alicyclic amines) is 2. The van der Waals surface area contributed by atoms with Gasteiger partial charge in [0.05, 0.1) is 46.4 Å². The summed E-state index contributed by atoms with van der Waals surface area (Å²) >= 11 is 0. The van der Waals surface area contributed by atoms with Crippen molar-refractivity contribution >= 4 is 5.91 Å². The van der Waals surface area contributed by atoms with Gasteiger partial charge in [-0.15, -0.1) is 0 Å². The van der Waals surface area contributed by atoms with Crippen molar-refractivity contribution in [3.05, 3.63) is 23.8 Å². The van der Waals surface area contributed by atoms with Gasteiger partial charge < -0.3 is 25.0 Å². The Morgan fingerprint density at radius 2 is 2.00 bits per heavy atom. The summed E-state index contributed by atoms with van der Waals surface area (Å²) in [5.41, 5.74) is 0.969. The molecule has 2 fully saturated rings. The van der Waals surface area contributed by atoms with Crippen molar-refractivity contribution in [3.8, 4) is 11.5 Å². The Bertz CT molecular complexity index is 661. The maximum Gasteiger partial charge on any atom is 0.220 e. The third kappa shape index (κ3) is 6.34. The summed E-state index contributed by atoms with van der Waals surface area (Å²) < 4.78 is 5.18. The highest BCUT2D eigenvalue weighted by Gasteiger charge is 2.32. The lowest BCUT2D eigenvalue weighted by Crippen LogP contribution is -3.12. The van der Waals surface area contributed by atoms with Crippen molar-refractivity contribution in [1.29, 1.82) is 0 Å². The van der Waals surface area contributed by atoms with Gasteiger partial charge in [0.15, 0.2) is 0 Å². The highest BCUT2D eigenvalue weighted by molar-refractivity contribution is 5.76. The number of phenolic OH excluding ortho intramolecular Hbond substituents is 1. The van der Waals surface area contributed by atoms with Crippen molar-refractivity contribution in [1.82, 2.24) is 5.32 Å². The molecule has 2 aliphatic rings. The average Bonchev–Trinajstić information content (AvgIpc) is 3.24. The molecule has 2 aliphatic heterocycles. The number of hydrogen-bond donors (Lipinski definition) is 4. The van der Waals surface area contributed by atoms with Crippen LogP contribution in [0.2, 0.25) is 0 Å². The van der Waals surface area contributed by atoms with E-state index in [0.29, 0.717) is 29.8 Å². The highest BCUT2D eigenvalue weighted by atomic mass is 16.5. The van der Waals surface area contributed by atoms with Gasteiger partial charge in [-0.2, -0.15) is 0 Å². The van der Waals surface area contributed by atoms with Crippen LogP contribution in [0.3, 0.4) is 0 Å². The van der Waals surface area contributed by atoms with E-state index >= 15 is 0 Å². The van der Waals surface area contributed by atoms with Gasteiger partial charge in [0.25, 0.3) is 0 Å². The SMILES string of the molecule is CC[C@H]1C[NH+](Cc2ccc(OC)cc2O)CC[C@H]1CC(=O)NCC[NH+]1CCCC1. The molecule has 0 bridgehead atoms. The molecule has 3 atom stereocenters. The van der Waals surface area contributed by atoms with Crippen LogP contribution in [0, 0.1) is 11.8 Å². The number of ether oxygens (including phenoxy) is 1. The van der Waals surface area contributed by atoms with E-state index in [1.54, 1.807) is 18.1 Å². The lowest BCUT2D eigenvalue weighted by molar-refractivity contribution is -0.923. The Hall–Kier alpha value is -1.79. The van der Waals surface area contributed by atoms with Crippen molar-refractivity contribution in [2.24, 2.45) is 11.8 Å². The first-order chi connectivity index (χ1) is 14.1. The molecule has 6 nitrogen and oxygen atoms in total. The molecule has 1 unspecified atom stereocenters. The summed E-state index contributed by atoms with van der Waals surface area (Å²) in [6.45, 7) is 9.58. The summed E-state index contributed by atoms with van der Waals surface area (Å²) in [6, 6.07) is 5.56. The van der Waals surface area contributed by atoms with Crippen LogP contribution in [-0.2, 0) is 11.3 Å². The number of methoxy groups -OCH3 is 1. The van der Waals surface area contributed by atoms with Gasteiger partial charge in [0, 0.05) is 43.2 Å². The molecule has 0 aromatic heterocycles. The molecule has 0 spiro atoms. The minimum absolute atomic E-state index is 0.225. The average molecular weight is 406 g/mol. The maximum absolute atomic E-state index is 12.5. The monoisotopic (exact) mass is 405 g/mol. The van der Waals surface area contributed by atoms with Crippen LogP contribution in [0.15, 0.2) is 18.2 Å². The first kappa shape index (κ1) is 21.9. The molecule has 3 rings (SSSR count). The Balaban J connectivity index is 1.44. The minimum Gasteiger partial charge on any atom is -0.507 e. The van der Waals surface area contributed by atoms with Crippen LogP contribution in [0.5, 0.6) is 11.5 Å². The van der Waals surface area contributed by atoms with E-state index in [0.717, 1.165) is 51.1 Å². The fraction of sp³-hybridized carbons (Fsp3) is 0.696. The quantitative estimate of drug-likeness (QED) is 0.468. The molecule has 0 saturated carbocycles. The molecular formula is C23H39N3O3+2. The zero-order chi connectivity index (χ0) is 20.6. The van der Waals surface area contributed by atoms with E-state index in [1.165, 1.54) is 30.8 Å². The highest BCUT2D eigenvalue weighted by Crippen LogP contribution is 2.25. The fourth-order valence-electron chi connectivity index (χ4n) is 5.08. The molecule has 1 aromatic carbocycles. The van der Waals surface area contributed by atoms with Gasteiger partial charge in [0.1, 0.15) is 18.0 Å². The van der Waals surface area contributed by atoms with E-state index in [1.807, 2.05) is 12.1 Å². The molecule has 1 amide bonds. The molecule has 0 aliphatic carbocycles. The zero-order valence-corrected chi connectivity index (χ0v) is 18.1. The first-order valence-corrected chi connectivity index (χ1v) is 11.4. The lowest BCUT2D eigenvalue weighted by atomic mass is 9.81. The Morgan fingerprint density at radius 3 is 2.69 bits per heavy atom. The maximum atomic E-state index is 12.5. The number of hydrogen-bond acceptors (Lipinski definition) is 3. The van der Waals surface area contributed by atoms with E-state index in [4.69, 9.17) is 4.74 Å². The normalized spacial score (nSPS) is 25.1. The largest absolute Gasteiger partial charge is 0.507 e. The summed E-state index contributed by atoms with van der Waals surface area (Å²) in [6.07, 6.45) is 5.51. The summed E-state index contributed by atoms with van der Waals surface area (Å²) in [4.78, 5) is 15.6. The van der Waals surface area contributed by atoms with Crippen molar-refractivity contribution in [3.63, 3.8) is 0 Å². The molecule has 6 heteroatoms. The predicted molar refractivity (Wildman–Crippen MR) is 113 cm³/mol. The fourth-order valence-corrected chi connectivity index (χ4v) is 5.08. The topological polar surface area (TPSA) is 67.4 Å². The van der Waals surface area contributed by atoms with Crippen LogP contribution in [0.1, 0.15) is 44.6 Å². The van der Waals surface area contributed by atoms with Crippen molar-refractivity contribution in [2.75, 3.05) is 46.4 Å². The van der Waals surface area contributed by atoms with E-state index < -0.39 is 0 Å². The molecule has 1 aromatic rings. The van der Waals surface area contributed by atoms with Gasteiger partial charge in [0.2, 0.25) is 5.91 Å². The molecule has 162 valence electrons. The molecule has 2 saturated heterocycles. The Labute approximate surface area is 175 Å². The van der Waals surface area contributed by atoms with Crippen LogP contribution in [-0.4, -0.2) is 57.4 Å². The number of rotatable bonds is 9. The van der Waals surface area contributed by atoms with Gasteiger partial charge >= 0.3 is 0 Å². The number of piperidine rings is 1. The van der Waals surface area contributed by atoms with Crippen molar-refractivity contribution in [2.45, 2.75) is 45.6 Å². The summed E-state index contributed by atoms with van der Waals surface area (Å²) in [5.74, 6) is 2.26. The number of quaternary nitrogens is 2. The van der Waals surface area contributed by atoms with Crippen LogP contribution < -0.4 is 19.9 Å². The number of phenols is 1. The Morgan fingerprint density at radius 1 is 1.21 bits per heavy atom. The number of amides is 1. The lowest BCUT2D eigenvalue weighted by Gasteiger charge is -2.35. The first-order valence-electron chi connectivity index (χ1n) is 11.4. The number of carbonyl (C=O) groups is 1. The number of aromatic hydroxyl groups is 1. The van der Waals surface area contributed by atoms with E-state index in [9.17, 15) is 9.90 Å². The minimum atomic E-state index is 0.225. The third-order valence-electron chi connectivity index (χ3n) is 6.90. The van der Waals surface area contributed by atoms with Crippen LogP contribution in [0.25, 0.3) is 0 Å². The summed E-state index contributed by atoms with van der Waals surface area (Å²) in [7, 11) is 1.61. The standard InChI is InChI=1S/C23H37N3O3/c1-3-18-16-26(17-20-6-7-21(29-2)15-22(20)27)12-8-19(18)14-23(28)24-9-13-25-10-4-5-11-25/h6-7,15,18-19,27H,3-5,8-14,16-17H2,1-2H3,(H,24,28)/p+2/t18-,19-/m0/s1. The second kappa shape index (κ2) is 10.8. The molecule has 2 heterocycles. The smallest absolute Gasteiger partial charge is 0.220 e. The third-order valence-corrected chi connectivity index (χ3v) is 6.90. The molecule has 4 N–H and O–H groups in total. The van der Waals surface area contributed by atoms with Gasteiger partial charge in [-0.05, 0) is 24.5 Å². The van der Waals surface area contributed by atoms with Gasteiger partial charge in [-0.1, -0.05) is 6.92 Å². The van der Waals surface area contributed by atoms with Gasteiger partial charge in [-0.25, -0.2) is 0 Å². The van der Waals surface area contributed by atoms with Crippen LogP contribution in [0.4, 0.5) is 0 Å². The van der Waals surface area contributed by atoms with E-state index in [2.05, 4.69) is 12.2 Å². The van der Waals surface area contributed by atoms with Crippen LogP contribution >= 0.6 is 0 Å². The molecule has 0 radical (unpaired) electrons. The molecular weight excluding hydrogens is 366 g/mol. The number of nitrogens with one attached hydrogen (secondary N) is 3. The van der Waals surface area contributed by atoms with E-state index in [-0.39, 0.29) is 5.91 Å². The summed E-state index contributed by atoms with van der Waals surface area (Å²) in [5, 5.41) is 13.4. The number of benzene rings is 1. The second-order valence-corrected chi connectivity index (χ2v) is 8.85. The Kier molecular flexibility index (Phi) is 8.19. The number of carbonyl (C=O) groups excluding carboxylic acids is 1. The van der Waals surface area contributed by atoms with Gasteiger partial charge in [-0.3, -0.25) is 4.79 Å².